The van der Waals surface area contributed by atoms with E-state index in [1.807, 2.05) is 0 Å². The van der Waals surface area contributed by atoms with Crippen LogP contribution in [0.5, 0.6) is 0 Å². The summed E-state index contributed by atoms with van der Waals surface area (Å²) in [5.74, 6) is -3.73. The summed E-state index contributed by atoms with van der Waals surface area (Å²) in [6.07, 6.45) is 0.854. The van der Waals surface area contributed by atoms with Gasteiger partial charge in [-0.15, -0.1) is 0 Å². The first kappa shape index (κ1) is 15.6. The Kier molecular flexibility index (Phi) is 5.19. The van der Waals surface area contributed by atoms with Crippen molar-refractivity contribution in [2.24, 2.45) is 0 Å². The summed E-state index contributed by atoms with van der Waals surface area (Å²) < 4.78 is 35.0. The lowest BCUT2D eigenvalue weighted by Crippen LogP contribution is -2.16. The molecule has 1 aromatic carbocycles. The maximum absolute atomic E-state index is 13.2. The molecule has 0 saturated carbocycles. The number of carbonyl (C=O) groups is 2. The molecular weight excluding hydrogens is 272 g/mol. The van der Waals surface area contributed by atoms with Gasteiger partial charge < -0.3 is 14.8 Å². The molecule has 1 N–H and O–H groups in total. The van der Waals surface area contributed by atoms with Crippen molar-refractivity contribution in [2.75, 3.05) is 19.5 Å². The Hall–Kier alpha value is -2.44. The van der Waals surface area contributed by atoms with Crippen molar-refractivity contribution in [3.05, 3.63) is 41.1 Å². The highest BCUT2D eigenvalue weighted by Gasteiger charge is 2.15. The van der Waals surface area contributed by atoms with Crippen LogP contribution in [0.3, 0.4) is 0 Å². The molecule has 20 heavy (non-hydrogen) atoms. The monoisotopic (exact) mass is 285 g/mol. The first-order valence-electron chi connectivity index (χ1n) is 5.49. The van der Waals surface area contributed by atoms with Crippen molar-refractivity contribution in [3.8, 4) is 0 Å². The van der Waals surface area contributed by atoms with Crippen molar-refractivity contribution >= 4 is 17.6 Å². The topological polar surface area (TPSA) is 64.6 Å². The van der Waals surface area contributed by atoms with Gasteiger partial charge in [-0.05, 0) is 18.6 Å². The van der Waals surface area contributed by atoms with E-state index in [1.165, 1.54) is 6.92 Å². The highest BCUT2D eigenvalue weighted by atomic mass is 19.2. The number of methoxy groups -OCH3 is 2. The highest BCUT2D eigenvalue weighted by Crippen LogP contribution is 2.21. The fraction of sp³-hybridized carbons (Fsp3) is 0.231. The summed E-state index contributed by atoms with van der Waals surface area (Å²) in [4.78, 5) is 22.7. The number of hydrogen-bond acceptors (Lipinski definition) is 5. The fourth-order valence-electron chi connectivity index (χ4n) is 1.36. The van der Waals surface area contributed by atoms with E-state index in [2.05, 4.69) is 14.8 Å². The average Bonchev–Trinajstić information content (AvgIpc) is 2.42. The number of halogens is 2. The SMILES string of the molecule is COC(=O)/C=C(/Nc1cc(F)c(F)cc1C)C(=O)OC. The predicted octanol–water partition coefficient (Wildman–Crippen LogP) is 1.92. The molecule has 0 radical (unpaired) electrons. The molecule has 0 unspecified atom stereocenters. The number of nitrogens with one attached hydrogen (secondary N) is 1. The number of hydrogen-bond donors (Lipinski definition) is 1. The van der Waals surface area contributed by atoms with Gasteiger partial charge in [-0.2, -0.15) is 0 Å². The highest BCUT2D eigenvalue weighted by molar-refractivity contribution is 5.98. The fourth-order valence-corrected chi connectivity index (χ4v) is 1.36. The predicted molar refractivity (Wildman–Crippen MR) is 66.8 cm³/mol. The standard InChI is InChI=1S/C13H13F2NO4/c1-7-4-8(14)9(15)5-10(7)16-11(13(18)20-3)6-12(17)19-2/h4-6,16H,1-3H3/b11-6+. The van der Waals surface area contributed by atoms with Gasteiger partial charge in [0.05, 0.1) is 20.3 Å². The summed E-state index contributed by atoms with van der Waals surface area (Å²) in [7, 11) is 2.25. The lowest BCUT2D eigenvalue weighted by Gasteiger charge is -2.11. The van der Waals surface area contributed by atoms with Crippen LogP contribution in [0.4, 0.5) is 14.5 Å². The molecule has 5 nitrogen and oxygen atoms in total. The molecule has 1 aromatic rings. The van der Waals surface area contributed by atoms with Crippen molar-refractivity contribution in [2.45, 2.75) is 6.92 Å². The second-order valence-corrected chi connectivity index (χ2v) is 3.78. The molecule has 0 amide bonds. The Balaban J connectivity index is 3.14. The Labute approximate surface area is 114 Å². The minimum Gasteiger partial charge on any atom is -0.466 e. The minimum atomic E-state index is -1.08. The smallest absolute Gasteiger partial charge is 0.354 e. The molecule has 1 rings (SSSR count). The number of anilines is 1. The molecule has 7 heteroatoms. The van der Waals surface area contributed by atoms with Gasteiger partial charge in [0.1, 0.15) is 5.70 Å². The average molecular weight is 285 g/mol. The molecule has 0 aliphatic carbocycles. The molecule has 0 atom stereocenters. The van der Waals surface area contributed by atoms with Crippen LogP contribution in [0.1, 0.15) is 5.56 Å². The van der Waals surface area contributed by atoms with Crippen LogP contribution < -0.4 is 5.32 Å². The van der Waals surface area contributed by atoms with Gasteiger partial charge in [0.25, 0.3) is 0 Å². The van der Waals surface area contributed by atoms with Gasteiger partial charge in [-0.25, -0.2) is 18.4 Å². The summed E-state index contributed by atoms with van der Waals surface area (Å²) in [5.41, 5.74) is 0.224. The Morgan fingerprint density at radius 3 is 2.30 bits per heavy atom. The molecule has 0 aliphatic heterocycles. The number of rotatable bonds is 4. The number of esters is 2. The van der Waals surface area contributed by atoms with E-state index < -0.39 is 23.6 Å². The van der Waals surface area contributed by atoms with Gasteiger partial charge >= 0.3 is 11.9 Å². The molecule has 0 fully saturated rings. The van der Waals surface area contributed by atoms with Crippen LogP contribution in [0, 0.1) is 18.6 Å². The zero-order valence-corrected chi connectivity index (χ0v) is 11.1. The quantitative estimate of drug-likeness (QED) is 0.676. The van der Waals surface area contributed by atoms with Crippen LogP contribution in [0.25, 0.3) is 0 Å². The lowest BCUT2D eigenvalue weighted by molar-refractivity contribution is -0.138. The molecule has 108 valence electrons. The molecule has 0 saturated heterocycles. The summed E-state index contributed by atoms with van der Waals surface area (Å²) >= 11 is 0. The minimum absolute atomic E-state index is 0.129. The largest absolute Gasteiger partial charge is 0.466 e. The third-order valence-corrected chi connectivity index (χ3v) is 2.41. The van der Waals surface area contributed by atoms with Gasteiger partial charge in [-0.3, -0.25) is 0 Å². The zero-order valence-electron chi connectivity index (χ0n) is 11.1. The van der Waals surface area contributed by atoms with E-state index in [4.69, 9.17) is 0 Å². The van der Waals surface area contributed by atoms with Crippen LogP contribution in [0.15, 0.2) is 23.9 Å². The summed E-state index contributed by atoms with van der Waals surface area (Å²) in [6, 6.07) is 1.84. The first-order chi connectivity index (χ1) is 9.38. The molecule has 0 aliphatic rings. The number of benzene rings is 1. The second-order valence-electron chi connectivity index (χ2n) is 3.78. The number of carbonyl (C=O) groups excluding carboxylic acids is 2. The molecule has 0 aromatic heterocycles. The number of aryl methyl sites for hydroxylation is 1. The lowest BCUT2D eigenvalue weighted by atomic mass is 10.2. The van der Waals surface area contributed by atoms with Gasteiger partial charge in [0, 0.05) is 11.8 Å². The van der Waals surface area contributed by atoms with Crippen molar-refractivity contribution in [1.29, 1.82) is 0 Å². The van der Waals surface area contributed by atoms with Crippen LogP contribution in [-0.4, -0.2) is 26.2 Å². The second kappa shape index (κ2) is 6.65. The summed E-state index contributed by atoms with van der Waals surface area (Å²) in [5, 5.41) is 2.51. The van der Waals surface area contributed by atoms with E-state index in [1.54, 1.807) is 0 Å². The van der Waals surface area contributed by atoms with Crippen molar-refractivity contribution in [3.63, 3.8) is 0 Å². The third-order valence-electron chi connectivity index (χ3n) is 2.41. The Morgan fingerprint density at radius 2 is 1.75 bits per heavy atom. The van der Waals surface area contributed by atoms with E-state index in [0.717, 1.165) is 32.4 Å². The van der Waals surface area contributed by atoms with E-state index in [9.17, 15) is 18.4 Å². The van der Waals surface area contributed by atoms with Crippen molar-refractivity contribution < 1.29 is 27.8 Å². The maximum Gasteiger partial charge on any atom is 0.354 e. The first-order valence-corrected chi connectivity index (χ1v) is 5.49. The molecule has 0 heterocycles. The molecular formula is C13H13F2NO4. The van der Waals surface area contributed by atoms with Gasteiger partial charge in [-0.1, -0.05) is 0 Å². The molecule has 0 bridgehead atoms. The van der Waals surface area contributed by atoms with Gasteiger partial charge in [0.15, 0.2) is 11.6 Å². The van der Waals surface area contributed by atoms with E-state index in [0.29, 0.717) is 5.56 Å². The Bertz CT molecular complexity index is 570. The zero-order chi connectivity index (χ0) is 15.3. The van der Waals surface area contributed by atoms with Crippen LogP contribution >= 0.6 is 0 Å². The Morgan fingerprint density at radius 1 is 1.15 bits per heavy atom. The van der Waals surface area contributed by atoms with Crippen molar-refractivity contribution in [1.82, 2.24) is 0 Å². The van der Waals surface area contributed by atoms with Crippen LogP contribution in [-0.2, 0) is 19.1 Å². The normalized spacial score (nSPS) is 10.9. The van der Waals surface area contributed by atoms with Crippen LogP contribution in [0.2, 0.25) is 0 Å². The van der Waals surface area contributed by atoms with E-state index >= 15 is 0 Å². The third kappa shape index (κ3) is 3.78. The number of ether oxygens (including phenoxy) is 2. The van der Waals surface area contributed by atoms with E-state index in [-0.39, 0.29) is 11.4 Å². The van der Waals surface area contributed by atoms with Gasteiger partial charge in [0.2, 0.25) is 0 Å². The summed E-state index contributed by atoms with van der Waals surface area (Å²) in [6.45, 7) is 1.51. The molecule has 0 spiro atoms. The maximum atomic E-state index is 13.2.